The van der Waals surface area contributed by atoms with Gasteiger partial charge in [0.1, 0.15) is 0 Å². The van der Waals surface area contributed by atoms with Crippen molar-refractivity contribution in [1.82, 2.24) is 20.5 Å². The molecule has 0 unspecified atom stereocenters. The van der Waals surface area contributed by atoms with Crippen molar-refractivity contribution in [3.63, 3.8) is 0 Å². The van der Waals surface area contributed by atoms with Crippen molar-refractivity contribution in [1.29, 1.82) is 0 Å². The molecule has 86 valence electrons. The summed E-state index contributed by atoms with van der Waals surface area (Å²) < 4.78 is 0. The van der Waals surface area contributed by atoms with Gasteiger partial charge in [0, 0.05) is 24.6 Å². The van der Waals surface area contributed by atoms with E-state index in [-0.39, 0.29) is 0 Å². The second-order valence-corrected chi connectivity index (χ2v) is 4.02. The SMILES string of the molecule is Cc1[nH]ncc1CCCNCc1cc[nH]c1. The zero-order valence-electron chi connectivity index (χ0n) is 9.59. The molecule has 0 saturated carbocycles. The number of hydrogen-bond donors (Lipinski definition) is 3. The van der Waals surface area contributed by atoms with Crippen molar-refractivity contribution in [2.75, 3.05) is 6.54 Å². The summed E-state index contributed by atoms with van der Waals surface area (Å²) in [6.07, 6.45) is 8.12. The summed E-state index contributed by atoms with van der Waals surface area (Å²) in [6, 6.07) is 2.09. The molecule has 16 heavy (non-hydrogen) atoms. The van der Waals surface area contributed by atoms with Crippen molar-refractivity contribution in [2.45, 2.75) is 26.3 Å². The number of H-pyrrole nitrogens is 2. The first-order chi connectivity index (χ1) is 7.86. The molecular formula is C12H18N4. The van der Waals surface area contributed by atoms with Gasteiger partial charge in [-0.05, 0) is 43.5 Å². The number of hydrogen-bond acceptors (Lipinski definition) is 2. The van der Waals surface area contributed by atoms with Crippen LogP contribution < -0.4 is 5.32 Å². The molecule has 4 heteroatoms. The highest BCUT2D eigenvalue weighted by Crippen LogP contribution is 2.05. The van der Waals surface area contributed by atoms with Gasteiger partial charge in [0.2, 0.25) is 0 Å². The van der Waals surface area contributed by atoms with E-state index in [4.69, 9.17) is 0 Å². The Labute approximate surface area is 95.5 Å². The molecule has 2 rings (SSSR count). The lowest BCUT2D eigenvalue weighted by Gasteiger charge is -2.02. The minimum atomic E-state index is 0.938. The summed E-state index contributed by atoms with van der Waals surface area (Å²) in [5.74, 6) is 0. The Morgan fingerprint density at radius 1 is 1.44 bits per heavy atom. The average Bonchev–Trinajstić information content (AvgIpc) is 2.90. The largest absolute Gasteiger partial charge is 0.367 e. The highest BCUT2D eigenvalue weighted by molar-refractivity contribution is 5.14. The van der Waals surface area contributed by atoms with Gasteiger partial charge in [0.15, 0.2) is 0 Å². The molecule has 0 fully saturated rings. The Balaban J connectivity index is 1.61. The van der Waals surface area contributed by atoms with Gasteiger partial charge in [0.25, 0.3) is 0 Å². The van der Waals surface area contributed by atoms with E-state index in [0.29, 0.717) is 0 Å². The van der Waals surface area contributed by atoms with Gasteiger partial charge in [-0.3, -0.25) is 5.10 Å². The monoisotopic (exact) mass is 218 g/mol. The highest BCUT2D eigenvalue weighted by atomic mass is 15.1. The van der Waals surface area contributed by atoms with Crippen LogP contribution in [0.2, 0.25) is 0 Å². The first-order valence-corrected chi connectivity index (χ1v) is 5.67. The van der Waals surface area contributed by atoms with Gasteiger partial charge in [-0.1, -0.05) is 0 Å². The smallest absolute Gasteiger partial charge is 0.0522 e. The summed E-state index contributed by atoms with van der Waals surface area (Å²) in [6.45, 7) is 4.04. The Kier molecular flexibility index (Phi) is 3.77. The molecule has 0 aliphatic carbocycles. The highest BCUT2D eigenvalue weighted by Gasteiger charge is 1.99. The third kappa shape index (κ3) is 2.97. The van der Waals surface area contributed by atoms with Crippen molar-refractivity contribution < 1.29 is 0 Å². The minimum absolute atomic E-state index is 0.938. The standard InChI is InChI=1S/C12H18N4/c1-10-12(9-15-16-10)3-2-5-13-7-11-4-6-14-8-11/h4,6,8-9,13-14H,2-3,5,7H2,1H3,(H,15,16). The van der Waals surface area contributed by atoms with Crippen molar-refractivity contribution in [3.8, 4) is 0 Å². The maximum atomic E-state index is 4.01. The fourth-order valence-corrected chi connectivity index (χ4v) is 1.73. The van der Waals surface area contributed by atoms with Crippen LogP contribution in [0.4, 0.5) is 0 Å². The summed E-state index contributed by atoms with van der Waals surface area (Å²) in [7, 11) is 0. The normalized spacial score (nSPS) is 10.8. The minimum Gasteiger partial charge on any atom is -0.367 e. The second-order valence-electron chi connectivity index (χ2n) is 4.02. The topological polar surface area (TPSA) is 56.5 Å². The van der Waals surface area contributed by atoms with E-state index in [1.165, 1.54) is 16.8 Å². The Hall–Kier alpha value is -1.55. The van der Waals surface area contributed by atoms with Crippen LogP contribution in [-0.2, 0) is 13.0 Å². The zero-order valence-corrected chi connectivity index (χ0v) is 9.59. The van der Waals surface area contributed by atoms with Gasteiger partial charge in [-0.15, -0.1) is 0 Å². The van der Waals surface area contributed by atoms with Crippen molar-refractivity contribution in [3.05, 3.63) is 41.5 Å². The van der Waals surface area contributed by atoms with E-state index in [1.807, 2.05) is 18.6 Å². The number of nitrogens with zero attached hydrogens (tertiary/aromatic N) is 1. The third-order valence-corrected chi connectivity index (χ3v) is 2.73. The average molecular weight is 218 g/mol. The van der Waals surface area contributed by atoms with Crippen LogP contribution in [0, 0.1) is 6.92 Å². The number of aromatic amines is 2. The van der Waals surface area contributed by atoms with Crippen LogP contribution in [0.3, 0.4) is 0 Å². The first-order valence-electron chi connectivity index (χ1n) is 5.67. The molecule has 2 aromatic heterocycles. The van der Waals surface area contributed by atoms with Crippen LogP contribution in [0.25, 0.3) is 0 Å². The predicted molar refractivity (Wildman–Crippen MR) is 64.1 cm³/mol. The number of aromatic nitrogens is 3. The first kappa shape index (κ1) is 11.0. The van der Waals surface area contributed by atoms with Crippen LogP contribution >= 0.6 is 0 Å². The van der Waals surface area contributed by atoms with E-state index in [9.17, 15) is 0 Å². The second kappa shape index (κ2) is 5.51. The molecule has 0 aromatic carbocycles. The van der Waals surface area contributed by atoms with Gasteiger partial charge in [-0.2, -0.15) is 5.10 Å². The number of aryl methyl sites for hydroxylation is 2. The third-order valence-electron chi connectivity index (χ3n) is 2.73. The number of rotatable bonds is 6. The van der Waals surface area contributed by atoms with Crippen LogP contribution in [0.15, 0.2) is 24.7 Å². The molecule has 0 spiro atoms. The van der Waals surface area contributed by atoms with Crippen LogP contribution in [-0.4, -0.2) is 21.7 Å². The predicted octanol–water partition coefficient (Wildman–Crippen LogP) is 1.77. The Morgan fingerprint density at radius 3 is 3.06 bits per heavy atom. The summed E-state index contributed by atoms with van der Waals surface area (Å²) in [5.41, 5.74) is 3.81. The molecule has 2 heterocycles. The molecule has 0 aliphatic rings. The summed E-state index contributed by atoms with van der Waals surface area (Å²) >= 11 is 0. The zero-order chi connectivity index (χ0) is 11.2. The van der Waals surface area contributed by atoms with E-state index in [2.05, 4.69) is 33.5 Å². The lowest BCUT2D eigenvalue weighted by molar-refractivity contribution is 0.649. The molecule has 0 aliphatic heterocycles. The van der Waals surface area contributed by atoms with Gasteiger partial charge in [-0.25, -0.2) is 0 Å². The molecule has 4 nitrogen and oxygen atoms in total. The summed E-state index contributed by atoms with van der Waals surface area (Å²) in [4.78, 5) is 3.05. The fraction of sp³-hybridized carbons (Fsp3) is 0.417. The van der Waals surface area contributed by atoms with Gasteiger partial charge < -0.3 is 10.3 Å². The lowest BCUT2D eigenvalue weighted by atomic mass is 10.1. The Bertz CT molecular complexity index is 402. The van der Waals surface area contributed by atoms with Crippen molar-refractivity contribution in [2.24, 2.45) is 0 Å². The number of nitrogens with one attached hydrogen (secondary N) is 3. The summed E-state index contributed by atoms with van der Waals surface area (Å²) in [5, 5.41) is 10.4. The fourth-order valence-electron chi connectivity index (χ4n) is 1.73. The van der Waals surface area contributed by atoms with E-state index in [1.54, 1.807) is 0 Å². The molecule has 3 N–H and O–H groups in total. The Morgan fingerprint density at radius 2 is 2.38 bits per heavy atom. The van der Waals surface area contributed by atoms with E-state index >= 15 is 0 Å². The van der Waals surface area contributed by atoms with Crippen LogP contribution in [0.5, 0.6) is 0 Å². The molecule has 0 atom stereocenters. The van der Waals surface area contributed by atoms with Crippen molar-refractivity contribution >= 4 is 0 Å². The van der Waals surface area contributed by atoms with Gasteiger partial charge in [0.05, 0.1) is 6.20 Å². The van der Waals surface area contributed by atoms with Gasteiger partial charge >= 0.3 is 0 Å². The lowest BCUT2D eigenvalue weighted by Crippen LogP contribution is -2.14. The molecule has 2 aromatic rings. The van der Waals surface area contributed by atoms with E-state index < -0.39 is 0 Å². The molecule has 0 amide bonds. The maximum Gasteiger partial charge on any atom is 0.0522 e. The molecule has 0 saturated heterocycles. The molecule has 0 radical (unpaired) electrons. The quantitative estimate of drug-likeness (QED) is 0.647. The van der Waals surface area contributed by atoms with E-state index in [0.717, 1.165) is 25.9 Å². The van der Waals surface area contributed by atoms with Crippen LogP contribution in [0.1, 0.15) is 23.2 Å². The molecule has 0 bridgehead atoms. The molecular weight excluding hydrogens is 200 g/mol. The maximum absolute atomic E-state index is 4.01.